The summed E-state index contributed by atoms with van der Waals surface area (Å²) in [5, 5.41) is 3.30. The van der Waals surface area contributed by atoms with Gasteiger partial charge in [0.1, 0.15) is 11.5 Å². The number of nitrogens with zero attached hydrogens (tertiary/aromatic N) is 2. The van der Waals surface area contributed by atoms with Crippen LogP contribution in [0.5, 0.6) is 11.5 Å². The van der Waals surface area contributed by atoms with Crippen molar-refractivity contribution in [2.24, 2.45) is 0 Å². The van der Waals surface area contributed by atoms with Gasteiger partial charge in [0, 0.05) is 18.2 Å². The molecule has 112 valence electrons. The monoisotopic (exact) mass is 308 g/mol. The van der Waals surface area contributed by atoms with Gasteiger partial charge in [-0.05, 0) is 30.7 Å². The normalized spacial score (nSPS) is 10.3. The summed E-state index contributed by atoms with van der Waals surface area (Å²) in [4.78, 5) is 8.08. The molecule has 1 aromatic carbocycles. The van der Waals surface area contributed by atoms with Gasteiger partial charge >= 0.3 is 0 Å². The Bertz CT molecular complexity index is 649. The zero-order valence-corrected chi connectivity index (χ0v) is 12.9. The minimum absolute atomic E-state index is 0.158. The lowest BCUT2D eigenvalue weighted by molar-refractivity contribution is 0.391. The SMILES string of the molecule is COc1ccc(CNc2nc(Cl)nc(C)c2N)c(OC)c1. The van der Waals surface area contributed by atoms with Crippen molar-refractivity contribution in [2.75, 3.05) is 25.3 Å². The summed E-state index contributed by atoms with van der Waals surface area (Å²) in [6.07, 6.45) is 0. The second-order valence-corrected chi connectivity index (χ2v) is 4.71. The first-order valence-corrected chi connectivity index (χ1v) is 6.67. The van der Waals surface area contributed by atoms with Crippen molar-refractivity contribution >= 4 is 23.1 Å². The van der Waals surface area contributed by atoms with Crippen LogP contribution in [0.3, 0.4) is 0 Å². The van der Waals surface area contributed by atoms with Crippen LogP contribution in [0, 0.1) is 6.92 Å². The number of hydrogen-bond donors (Lipinski definition) is 2. The summed E-state index contributed by atoms with van der Waals surface area (Å²) < 4.78 is 10.5. The van der Waals surface area contributed by atoms with Gasteiger partial charge in [0.15, 0.2) is 5.82 Å². The van der Waals surface area contributed by atoms with Gasteiger partial charge in [-0.25, -0.2) is 4.98 Å². The molecule has 0 radical (unpaired) electrons. The highest BCUT2D eigenvalue weighted by Crippen LogP contribution is 2.26. The molecule has 0 spiro atoms. The molecule has 0 saturated carbocycles. The third-order valence-electron chi connectivity index (χ3n) is 3.05. The van der Waals surface area contributed by atoms with Gasteiger partial charge in [0.2, 0.25) is 5.28 Å². The van der Waals surface area contributed by atoms with Gasteiger partial charge in [0.05, 0.1) is 25.6 Å². The molecule has 6 nitrogen and oxygen atoms in total. The zero-order chi connectivity index (χ0) is 15.4. The number of ether oxygens (including phenoxy) is 2. The van der Waals surface area contributed by atoms with Crippen molar-refractivity contribution in [1.29, 1.82) is 0 Å². The molecule has 7 heteroatoms. The van der Waals surface area contributed by atoms with Gasteiger partial charge in [-0.15, -0.1) is 0 Å². The average Bonchev–Trinajstić information content (AvgIpc) is 2.49. The molecule has 0 unspecified atom stereocenters. The summed E-state index contributed by atoms with van der Waals surface area (Å²) in [5.74, 6) is 1.96. The molecule has 0 atom stereocenters. The second-order valence-electron chi connectivity index (χ2n) is 4.37. The number of nitrogens with two attached hydrogens (primary N) is 1. The van der Waals surface area contributed by atoms with Crippen LogP contribution >= 0.6 is 11.6 Å². The summed E-state index contributed by atoms with van der Waals surface area (Å²) >= 11 is 5.84. The van der Waals surface area contributed by atoms with Crippen molar-refractivity contribution in [1.82, 2.24) is 9.97 Å². The van der Waals surface area contributed by atoms with E-state index in [-0.39, 0.29) is 5.28 Å². The molecule has 0 aliphatic carbocycles. The Morgan fingerprint density at radius 3 is 2.67 bits per heavy atom. The number of anilines is 2. The van der Waals surface area contributed by atoms with E-state index in [4.69, 9.17) is 26.8 Å². The van der Waals surface area contributed by atoms with Crippen LogP contribution in [0.2, 0.25) is 5.28 Å². The molecule has 0 saturated heterocycles. The lowest BCUT2D eigenvalue weighted by atomic mass is 10.2. The molecular weight excluding hydrogens is 292 g/mol. The summed E-state index contributed by atoms with van der Waals surface area (Å²) in [7, 11) is 3.22. The molecule has 2 aromatic rings. The van der Waals surface area contributed by atoms with Crippen molar-refractivity contribution in [3.8, 4) is 11.5 Å². The first-order valence-electron chi connectivity index (χ1n) is 6.29. The first kappa shape index (κ1) is 15.2. The zero-order valence-electron chi connectivity index (χ0n) is 12.1. The molecule has 0 amide bonds. The number of methoxy groups -OCH3 is 2. The minimum atomic E-state index is 0.158. The number of aryl methyl sites for hydroxylation is 1. The second kappa shape index (κ2) is 6.49. The number of halogens is 1. The molecule has 1 heterocycles. The van der Waals surface area contributed by atoms with E-state index < -0.39 is 0 Å². The van der Waals surface area contributed by atoms with Crippen molar-refractivity contribution in [2.45, 2.75) is 13.5 Å². The number of rotatable bonds is 5. The summed E-state index contributed by atoms with van der Waals surface area (Å²) in [5.41, 5.74) is 8.00. The Morgan fingerprint density at radius 2 is 2.00 bits per heavy atom. The fraction of sp³-hybridized carbons (Fsp3) is 0.286. The molecule has 0 bridgehead atoms. The smallest absolute Gasteiger partial charge is 0.224 e. The molecule has 0 aliphatic heterocycles. The maximum absolute atomic E-state index is 5.93. The van der Waals surface area contributed by atoms with Gasteiger partial charge < -0.3 is 20.5 Å². The number of hydrogen-bond acceptors (Lipinski definition) is 6. The van der Waals surface area contributed by atoms with E-state index in [1.54, 1.807) is 21.1 Å². The van der Waals surface area contributed by atoms with Crippen LogP contribution in [-0.4, -0.2) is 24.2 Å². The Labute approximate surface area is 128 Å². The number of nitrogen functional groups attached to an aromatic ring is 1. The maximum Gasteiger partial charge on any atom is 0.224 e. The Hall–Kier alpha value is -2.21. The highest BCUT2D eigenvalue weighted by Gasteiger charge is 2.09. The third-order valence-corrected chi connectivity index (χ3v) is 3.22. The number of benzene rings is 1. The maximum atomic E-state index is 5.93. The molecule has 0 fully saturated rings. The predicted molar refractivity (Wildman–Crippen MR) is 83.1 cm³/mol. The standard InChI is InChI=1S/C14H17ClN4O2/c1-8-12(16)13(19-14(15)18-8)17-7-9-4-5-10(20-2)6-11(9)21-3/h4-6H,7,16H2,1-3H3,(H,17,18,19). The molecular formula is C14H17ClN4O2. The molecule has 21 heavy (non-hydrogen) atoms. The molecule has 0 aliphatic rings. The van der Waals surface area contributed by atoms with E-state index in [0.717, 1.165) is 17.1 Å². The minimum Gasteiger partial charge on any atom is -0.497 e. The van der Waals surface area contributed by atoms with E-state index in [2.05, 4.69) is 15.3 Å². The Morgan fingerprint density at radius 1 is 1.24 bits per heavy atom. The van der Waals surface area contributed by atoms with Crippen molar-refractivity contribution in [3.63, 3.8) is 0 Å². The van der Waals surface area contributed by atoms with E-state index >= 15 is 0 Å². The lowest BCUT2D eigenvalue weighted by Crippen LogP contribution is -2.08. The predicted octanol–water partition coefficient (Wildman–Crippen LogP) is 2.65. The van der Waals surface area contributed by atoms with Crippen molar-refractivity contribution in [3.05, 3.63) is 34.7 Å². The highest BCUT2D eigenvalue weighted by atomic mass is 35.5. The van der Waals surface area contributed by atoms with Gasteiger partial charge in [-0.2, -0.15) is 4.98 Å². The van der Waals surface area contributed by atoms with Crippen LogP contribution in [-0.2, 0) is 6.54 Å². The third kappa shape index (κ3) is 3.46. The first-order chi connectivity index (χ1) is 10.0. The topological polar surface area (TPSA) is 82.3 Å². The van der Waals surface area contributed by atoms with Gasteiger partial charge in [-0.3, -0.25) is 0 Å². The number of aromatic nitrogens is 2. The lowest BCUT2D eigenvalue weighted by Gasteiger charge is -2.13. The molecule has 1 aromatic heterocycles. The summed E-state index contributed by atoms with van der Waals surface area (Å²) in [6.45, 7) is 2.27. The van der Waals surface area contributed by atoms with Crippen LogP contribution in [0.1, 0.15) is 11.3 Å². The van der Waals surface area contributed by atoms with Crippen LogP contribution in [0.4, 0.5) is 11.5 Å². The largest absolute Gasteiger partial charge is 0.497 e. The van der Waals surface area contributed by atoms with Crippen LogP contribution < -0.4 is 20.5 Å². The Kier molecular flexibility index (Phi) is 4.70. The van der Waals surface area contributed by atoms with Gasteiger partial charge in [-0.1, -0.05) is 0 Å². The fourth-order valence-corrected chi connectivity index (χ4v) is 2.07. The van der Waals surface area contributed by atoms with Crippen LogP contribution in [0.15, 0.2) is 18.2 Å². The van der Waals surface area contributed by atoms with Crippen molar-refractivity contribution < 1.29 is 9.47 Å². The number of nitrogens with one attached hydrogen (secondary N) is 1. The van der Waals surface area contributed by atoms with E-state index in [0.29, 0.717) is 23.7 Å². The summed E-state index contributed by atoms with van der Waals surface area (Å²) in [6, 6.07) is 5.59. The van der Waals surface area contributed by atoms with Crippen LogP contribution in [0.25, 0.3) is 0 Å². The van der Waals surface area contributed by atoms with E-state index in [1.165, 1.54) is 0 Å². The fourth-order valence-electron chi connectivity index (χ4n) is 1.86. The van der Waals surface area contributed by atoms with E-state index in [9.17, 15) is 0 Å². The molecule has 3 N–H and O–H groups in total. The quantitative estimate of drug-likeness (QED) is 0.826. The van der Waals surface area contributed by atoms with Gasteiger partial charge in [0.25, 0.3) is 0 Å². The highest BCUT2D eigenvalue weighted by molar-refractivity contribution is 6.28. The average molecular weight is 309 g/mol. The molecule has 2 rings (SSSR count). The van der Waals surface area contributed by atoms with E-state index in [1.807, 2.05) is 18.2 Å². The Balaban J connectivity index is 2.20.